The van der Waals surface area contributed by atoms with Crippen molar-refractivity contribution in [3.05, 3.63) is 29.7 Å². The van der Waals surface area contributed by atoms with E-state index < -0.39 is 0 Å². The van der Waals surface area contributed by atoms with E-state index in [-0.39, 0.29) is 11.8 Å². The van der Waals surface area contributed by atoms with Gasteiger partial charge in [0.15, 0.2) is 5.82 Å². The monoisotopic (exact) mass is 345 g/mol. The van der Waals surface area contributed by atoms with Gasteiger partial charge >= 0.3 is 0 Å². The standard InChI is InChI=1S/C18H27N5O2/c1-4-13(2)17-20-18(25-21-17)15-7-9-23(10-8-15)16(24)6-5-14-11-19-22(3)12-14/h11-13,15H,4-10H2,1-3H3/t13-/m0/s1. The Hall–Kier alpha value is -2.18. The Morgan fingerprint density at radius 3 is 2.80 bits per heavy atom. The molecule has 1 aliphatic rings. The first-order valence-corrected chi connectivity index (χ1v) is 9.15. The summed E-state index contributed by atoms with van der Waals surface area (Å²) in [6, 6.07) is 0. The van der Waals surface area contributed by atoms with Crippen LogP contribution >= 0.6 is 0 Å². The molecule has 0 bridgehead atoms. The fourth-order valence-corrected chi connectivity index (χ4v) is 3.18. The van der Waals surface area contributed by atoms with Crippen LogP contribution < -0.4 is 0 Å². The van der Waals surface area contributed by atoms with Crippen molar-refractivity contribution in [1.29, 1.82) is 0 Å². The van der Waals surface area contributed by atoms with Gasteiger partial charge in [0.25, 0.3) is 0 Å². The average Bonchev–Trinajstić information content (AvgIpc) is 3.28. The van der Waals surface area contributed by atoms with Crippen molar-refractivity contribution in [3.8, 4) is 0 Å². The minimum absolute atomic E-state index is 0.216. The number of rotatable bonds is 6. The Morgan fingerprint density at radius 2 is 2.16 bits per heavy atom. The van der Waals surface area contributed by atoms with Crippen LogP contribution in [0.25, 0.3) is 0 Å². The number of aryl methyl sites for hydroxylation is 2. The fraction of sp³-hybridized carbons (Fsp3) is 0.667. The minimum atomic E-state index is 0.216. The van der Waals surface area contributed by atoms with Crippen LogP contribution in [0.15, 0.2) is 16.9 Å². The van der Waals surface area contributed by atoms with Gasteiger partial charge in [0.2, 0.25) is 11.8 Å². The summed E-state index contributed by atoms with van der Waals surface area (Å²) < 4.78 is 7.22. The maximum absolute atomic E-state index is 12.4. The van der Waals surface area contributed by atoms with E-state index in [0.717, 1.165) is 56.1 Å². The lowest BCUT2D eigenvalue weighted by atomic mass is 9.96. The molecule has 3 heterocycles. The fourth-order valence-electron chi connectivity index (χ4n) is 3.18. The van der Waals surface area contributed by atoms with E-state index in [1.165, 1.54) is 0 Å². The second-order valence-corrected chi connectivity index (χ2v) is 6.98. The number of carbonyl (C=O) groups excluding carboxylic acids is 1. The molecule has 2 aromatic rings. The second-order valence-electron chi connectivity index (χ2n) is 6.98. The summed E-state index contributed by atoms with van der Waals surface area (Å²) >= 11 is 0. The molecule has 0 N–H and O–H groups in total. The van der Waals surface area contributed by atoms with Crippen LogP contribution in [-0.4, -0.2) is 43.8 Å². The van der Waals surface area contributed by atoms with E-state index in [0.29, 0.717) is 12.3 Å². The highest BCUT2D eigenvalue weighted by Crippen LogP contribution is 2.28. The van der Waals surface area contributed by atoms with Gasteiger partial charge in [-0.25, -0.2) is 0 Å². The van der Waals surface area contributed by atoms with E-state index in [1.54, 1.807) is 4.68 Å². The van der Waals surface area contributed by atoms with Crippen LogP contribution in [0.4, 0.5) is 0 Å². The average molecular weight is 345 g/mol. The Labute approximate surface area is 148 Å². The largest absolute Gasteiger partial charge is 0.343 e. The molecular formula is C18H27N5O2. The van der Waals surface area contributed by atoms with Gasteiger partial charge in [0, 0.05) is 44.6 Å². The molecule has 2 aromatic heterocycles. The first kappa shape index (κ1) is 17.6. The van der Waals surface area contributed by atoms with Gasteiger partial charge in [-0.2, -0.15) is 10.1 Å². The SMILES string of the molecule is CC[C@H](C)c1noc(C2CCN(C(=O)CCc3cnn(C)c3)CC2)n1. The van der Waals surface area contributed by atoms with Gasteiger partial charge in [-0.15, -0.1) is 0 Å². The smallest absolute Gasteiger partial charge is 0.229 e. The topological polar surface area (TPSA) is 77.0 Å². The third kappa shape index (κ3) is 4.27. The van der Waals surface area contributed by atoms with Crippen molar-refractivity contribution in [1.82, 2.24) is 24.8 Å². The Bertz CT molecular complexity index is 700. The number of hydrogen-bond acceptors (Lipinski definition) is 5. The van der Waals surface area contributed by atoms with Gasteiger partial charge in [0.05, 0.1) is 6.20 Å². The molecule has 136 valence electrons. The normalized spacial score (nSPS) is 17.0. The highest BCUT2D eigenvalue weighted by Gasteiger charge is 2.27. The zero-order valence-electron chi connectivity index (χ0n) is 15.3. The van der Waals surface area contributed by atoms with Crippen molar-refractivity contribution in [2.45, 2.75) is 57.8 Å². The van der Waals surface area contributed by atoms with Gasteiger partial charge < -0.3 is 9.42 Å². The molecule has 1 atom stereocenters. The summed E-state index contributed by atoms with van der Waals surface area (Å²) in [5.74, 6) is 2.35. The Kier molecular flexibility index (Phi) is 5.50. The highest BCUT2D eigenvalue weighted by atomic mass is 16.5. The number of amides is 1. The predicted molar refractivity (Wildman–Crippen MR) is 93.1 cm³/mol. The van der Waals surface area contributed by atoms with Gasteiger partial charge in [0.1, 0.15) is 0 Å². The third-order valence-electron chi connectivity index (χ3n) is 5.09. The molecule has 0 aromatic carbocycles. The molecule has 0 saturated carbocycles. The lowest BCUT2D eigenvalue weighted by Gasteiger charge is -2.30. The summed E-state index contributed by atoms with van der Waals surface area (Å²) in [6.45, 7) is 5.75. The van der Waals surface area contributed by atoms with Crippen LogP contribution in [0.1, 0.15) is 68.6 Å². The molecule has 3 rings (SSSR count). The summed E-state index contributed by atoms with van der Waals surface area (Å²) in [5.41, 5.74) is 1.11. The van der Waals surface area contributed by atoms with Crippen LogP contribution in [0, 0.1) is 0 Å². The molecule has 1 fully saturated rings. The molecule has 25 heavy (non-hydrogen) atoms. The van der Waals surface area contributed by atoms with E-state index >= 15 is 0 Å². The highest BCUT2D eigenvalue weighted by molar-refractivity contribution is 5.76. The first-order chi connectivity index (χ1) is 12.1. The van der Waals surface area contributed by atoms with Crippen LogP contribution in [0.5, 0.6) is 0 Å². The quantitative estimate of drug-likeness (QED) is 0.804. The van der Waals surface area contributed by atoms with E-state index in [4.69, 9.17) is 4.52 Å². The summed E-state index contributed by atoms with van der Waals surface area (Å²) in [7, 11) is 1.89. The lowest BCUT2D eigenvalue weighted by molar-refractivity contribution is -0.132. The van der Waals surface area contributed by atoms with Crippen molar-refractivity contribution in [3.63, 3.8) is 0 Å². The number of piperidine rings is 1. The third-order valence-corrected chi connectivity index (χ3v) is 5.09. The number of aromatic nitrogens is 4. The van der Waals surface area contributed by atoms with Gasteiger partial charge in [-0.1, -0.05) is 19.0 Å². The van der Waals surface area contributed by atoms with E-state index in [9.17, 15) is 4.79 Å². The summed E-state index contributed by atoms with van der Waals surface area (Å²) in [4.78, 5) is 18.9. The number of nitrogens with zero attached hydrogens (tertiary/aromatic N) is 5. The number of hydrogen-bond donors (Lipinski definition) is 0. The Balaban J connectivity index is 1.47. The molecule has 0 radical (unpaired) electrons. The summed E-state index contributed by atoms with van der Waals surface area (Å²) in [6.07, 6.45) is 7.85. The zero-order chi connectivity index (χ0) is 17.8. The molecular weight excluding hydrogens is 318 g/mol. The molecule has 7 nitrogen and oxygen atoms in total. The van der Waals surface area contributed by atoms with Crippen LogP contribution in [0.3, 0.4) is 0 Å². The van der Waals surface area contributed by atoms with Gasteiger partial charge in [-0.05, 0) is 31.2 Å². The second kappa shape index (κ2) is 7.80. The van der Waals surface area contributed by atoms with E-state index in [2.05, 4.69) is 29.1 Å². The molecule has 1 amide bonds. The predicted octanol–water partition coefficient (Wildman–Crippen LogP) is 2.66. The molecule has 0 unspecified atom stereocenters. The van der Waals surface area contributed by atoms with Crippen molar-refractivity contribution in [2.24, 2.45) is 7.05 Å². The minimum Gasteiger partial charge on any atom is -0.343 e. The molecule has 0 spiro atoms. The number of carbonyl (C=O) groups is 1. The molecule has 1 saturated heterocycles. The van der Waals surface area contributed by atoms with Gasteiger partial charge in [-0.3, -0.25) is 9.48 Å². The van der Waals surface area contributed by atoms with Crippen LogP contribution in [0.2, 0.25) is 0 Å². The maximum Gasteiger partial charge on any atom is 0.229 e. The lowest BCUT2D eigenvalue weighted by Crippen LogP contribution is -2.38. The first-order valence-electron chi connectivity index (χ1n) is 9.15. The van der Waals surface area contributed by atoms with Crippen molar-refractivity contribution < 1.29 is 9.32 Å². The van der Waals surface area contributed by atoms with Crippen molar-refractivity contribution >= 4 is 5.91 Å². The zero-order valence-corrected chi connectivity index (χ0v) is 15.3. The van der Waals surface area contributed by atoms with Crippen LogP contribution in [-0.2, 0) is 18.3 Å². The maximum atomic E-state index is 12.4. The van der Waals surface area contributed by atoms with Crippen molar-refractivity contribution in [2.75, 3.05) is 13.1 Å². The molecule has 7 heteroatoms. The van der Waals surface area contributed by atoms with E-state index in [1.807, 2.05) is 24.3 Å². The Morgan fingerprint density at radius 1 is 1.40 bits per heavy atom. The molecule has 1 aliphatic heterocycles. The summed E-state index contributed by atoms with van der Waals surface area (Å²) in [5, 5.41) is 8.25. The molecule has 0 aliphatic carbocycles. The number of likely N-dealkylation sites (tertiary alicyclic amines) is 1.